The van der Waals surface area contributed by atoms with Gasteiger partial charge in [0.25, 0.3) is 0 Å². The highest BCUT2D eigenvalue weighted by Gasteiger charge is 2.49. The van der Waals surface area contributed by atoms with Gasteiger partial charge in [-0.2, -0.15) is 0 Å². The molecule has 1 aromatic heterocycles. The Kier molecular flexibility index (Phi) is 6.82. The van der Waals surface area contributed by atoms with Crippen molar-refractivity contribution in [1.82, 2.24) is 4.98 Å². The fraction of sp³-hybridized carbons (Fsp3) is 0.320. The van der Waals surface area contributed by atoms with Gasteiger partial charge < -0.3 is 24.1 Å². The minimum atomic E-state index is -0.602. The van der Waals surface area contributed by atoms with Gasteiger partial charge in [0.2, 0.25) is 0 Å². The van der Waals surface area contributed by atoms with E-state index in [9.17, 15) is 5.11 Å². The first-order valence-corrected chi connectivity index (χ1v) is 11.7. The Morgan fingerprint density at radius 3 is 1.88 bits per heavy atom. The van der Waals surface area contributed by atoms with Gasteiger partial charge in [0.05, 0.1) is 12.7 Å². The first kappa shape index (κ1) is 21.9. The standard InChI is InChI=1S/C25H24INO5/c26-21-14-16(11-12-27-21)13-19-22-23(32-24(29-19)17-7-3-1-4-8-17)20(15-28)30-25(31-22)18-9-5-2-6-10-18/h1-12,14,19-20,22-25,28H,13,15H2/t19-,20-,22+,23-,24?,25?/m1/s1. The molecule has 6 atom stereocenters. The Morgan fingerprint density at radius 2 is 1.31 bits per heavy atom. The molecule has 2 aromatic carbocycles. The third-order valence-corrected chi connectivity index (χ3v) is 6.36. The quantitative estimate of drug-likeness (QED) is 0.383. The lowest BCUT2D eigenvalue weighted by Gasteiger charge is -2.49. The lowest BCUT2D eigenvalue weighted by Crippen LogP contribution is -2.59. The Balaban J connectivity index is 1.47. The zero-order valence-corrected chi connectivity index (χ0v) is 19.4. The maximum atomic E-state index is 10.2. The molecule has 3 heterocycles. The van der Waals surface area contributed by atoms with E-state index in [4.69, 9.17) is 18.9 Å². The van der Waals surface area contributed by atoms with Crippen LogP contribution in [0.5, 0.6) is 0 Å². The second-order valence-corrected chi connectivity index (χ2v) is 9.01. The number of pyridine rings is 1. The van der Waals surface area contributed by atoms with Crippen molar-refractivity contribution in [2.45, 2.75) is 43.4 Å². The van der Waals surface area contributed by atoms with Gasteiger partial charge in [0, 0.05) is 23.7 Å². The number of nitrogens with zero attached hydrogens (tertiary/aromatic N) is 1. The molecule has 5 rings (SSSR count). The van der Waals surface area contributed by atoms with Crippen molar-refractivity contribution in [1.29, 1.82) is 0 Å². The highest BCUT2D eigenvalue weighted by molar-refractivity contribution is 14.1. The summed E-state index contributed by atoms with van der Waals surface area (Å²) in [4.78, 5) is 4.29. The maximum absolute atomic E-state index is 10.2. The number of rotatable bonds is 5. The summed E-state index contributed by atoms with van der Waals surface area (Å²) in [5.74, 6) is 0. The summed E-state index contributed by atoms with van der Waals surface area (Å²) in [7, 11) is 0. The van der Waals surface area contributed by atoms with E-state index in [1.54, 1.807) is 6.20 Å². The number of hydrogen-bond donors (Lipinski definition) is 1. The Labute approximate surface area is 200 Å². The zero-order chi connectivity index (χ0) is 21.9. The third-order valence-electron chi connectivity index (χ3n) is 5.77. The molecule has 0 amide bonds. The molecule has 2 unspecified atom stereocenters. The third kappa shape index (κ3) is 4.73. The minimum Gasteiger partial charge on any atom is -0.394 e. The predicted octanol–water partition coefficient (Wildman–Crippen LogP) is 4.19. The first-order chi connectivity index (χ1) is 15.7. The second-order valence-electron chi connectivity index (χ2n) is 7.91. The van der Waals surface area contributed by atoms with Crippen LogP contribution in [0.2, 0.25) is 0 Å². The highest BCUT2D eigenvalue weighted by atomic mass is 127. The molecular formula is C25H24INO5. The molecule has 0 saturated carbocycles. The summed E-state index contributed by atoms with van der Waals surface area (Å²) < 4.78 is 26.2. The van der Waals surface area contributed by atoms with Crippen LogP contribution in [0.15, 0.2) is 79.0 Å². The number of ether oxygens (including phenoxy) is 4. The average molecular weight is 545 g/mol. The van der Waals surface area contributed by atoms with Gasteiger partial charge in [-0.1, -0.05) is 60.7 Å². The van der Waals surface area contributed by atoms with E-state index < -0.39 is 30.9 Å². The molecular weight excluding hydrogens is 521 g/mol. The number of fused-ring (bicyclic) bond motifs is 1. The van der Waals surface area contributed by atoms with Crippen molar-refractivity contribution in [3.05, 3.63) is 99.4 Å². The van der Waals surface area contributed by atoms with E-state index in [1.165, 1.54) is 0 Å². The molecule has 2 saturated heterocycles. The largest absolute Gasteiger partial charge is 0.394 e. The molecule has 166 valence electrons. The van der Waals surface area contributed by atoms with Gasteiger partial charge >= 0.3 is 0 Å². The molecule has 1 N–H and O–H groups in total. The average Bonchev–Trinajstić information content (AvgIpc) is 2.84. The van der Waals surface area contributed by atoms with E-state index in [0.717, 1.165) is 20.4 Å². The number of benzene rings is 2. The van der Waals surface area contributed by atoms with Crippen LogP contribution < -0.4 is 0 Å². The Morgan fingerprint density at radius 1 is 0.750 bits per heavy atom. The maximum Gasteiger partial charge on any atom is 0.184 e. The summed E-state index contributed by atoms with van der Waals surface area (Å²) >= 11 is 2.21. The van der Waals surface area contributed by atoms with Gasteiger partial charge in [-0.3, -0.25) is 4.98 Å². The molecule has 2 aliphatic heterocycles. The molecule has 7 heteroatoms. The van der Waals surface area contributed by atoms with Crippen LogP contribution in [0.3, 0.4) is 0 Å². The van der Waals surface area contributed by atoms with Crippen LogP contribution >= 0.6 is 22.6 Å². The van der Waals surface area contributed by atoms with Gasteiger partial charge in [0.15, 0.2) is 12.6 Å². The molecule has 2 aliphatic rings. The number of aliphatic hydroxyl groups excluding tert-OH is 1. The zero-order valence-electron chi connectivity index (χ0n) is 17.3. The second kappa shape index (κ2) is 9.94. The van der Waals surface area contributed by atoms with Crippen molar-refractivity contribution >= 4 is 22.6 Å². The SMILES string of the molecule is OC[C@H]1OC(c2ccccc2)O[C@@H]2[C@@H]1OC(c1ccccc1)O[C@@H]2Cc1ccnc(I)c1. The molecule has 3 aromatic rings. The van der Waals surface area contributed by atoms with E-state index >= 15 is 0 Å². The van der Waals surface area contributed by atoms with Gasteiger partial charge in [-0.25, -0.2) is 0 Å². The van der Waals surface area contributed by atoms with E-state index in [0.29, 0.717) is 6.42 Å². The van der Waals surface area contributed by atoms with Crippen LogP contribution in [0, 0.1) is 3.70 Å². The number of aliphatic hydroxyl groups is 1. The van der Waals surface area contributed by atoms with E-state index in [-0.39, 0.29) is 12.7 Å². The molecule has 0 radical (unpaired) electrons. The van der Waals surface area contributed by atoms with Gasteiger partial charge in [-0.05, 0) is 40.3 Å². The monoisotopic (exact) mass is 545 g/mol. The fourth-order valence-corrected chi connectivity index (χ4v) is 4.78. The summed E-state index contributed by atoms with van der Waals surface area (Å²) in [5, 5.41) is 10.2. The lowest BCUT2D eigenvalue weighted by molar-refractivity contribution is -0.384. The molecule has 2 fully saturated rings. The van der Waals surface area contributed by atoms with Crippen molar-refractivity contribution in [3.63, 3.8) is 0 Å². The van der Waals surface area contributed by atoms with Crippen molar-refractivity contribution in [2.24, 2.45) is 0 Å². The fourth-order valence-electron chi connectivity index (χ4n) is 4.22. The number of aromatic nitrogens is 1. The molecule has 32 heavy (non-hydrogen) atoms. The number of halogens is 1. The van der Waals surface area contributed by atoms with Gasteiger partial charge in [-0.15, -0.1) is 0 Å². The minimum absolute atomic E-state index is 0.171. The number of hydrogen-bond acceptors (Lipinski definition) is 6. The summed E-state index contributed by atoms with van der Waals surface area (Å²) in [5.41, 5.74) is 2.92. The van der Waals surface area contributed by atoms with Crippen molar-refractivity contribution in [2.75, 3.05) is 6.61 Å². The summed E-state index contributed by atoms with van der Waals surface area (Å²) in [6, 6.07) is 23.6. The Hall–Kier alpha value is -1.88. The van der Waals surface area contributed by atoms with E-state index in [2.05, 4.69) is 27.6 Å². The van der Waals surface area contributed by atoms with Crippen LogP contribution in [-0.4, -0.2) is 41.1 Å². The topological polar surface area (TPSA) is 70.0 Å². The van der Waals surface area contributed by atoms with Crippen LogP contribution in [0.1, 0.15) is 29.3 Å². The summed E-state index contributed by atoms with van der Waals surface area (Å²) in [6.45, 7) is -0.171. The van der Waals surface area contributed by atoms with Crippen LogP contribution in [-0.2, 0) is 25.4 Å². The molecule has 0 spiro atoms. The smallest absolute Gasteiger partial charge is 0.184 e. The first-order valence-electron chi connectivity index (χ1n) is 10.6. The molecule has 6 nitrogen and oxygen atoms in total. The normalized spacial score (nSPS) is 29.9. The summed E-state index contributed by atoms with van der Waals surface area (Å²) in [6.07, 6.45) is -0.437. The van der Waals surface area contributed by atoms with Crippen LogP contribution in [0.25, 0.3) is 0 Å². The van der Waals surface area contributed by atoms with Gasteiger partial charge in [0.1, 0.15) is 22.0 Å². The lowest BCUT2D eigenvalue weighted by atomic mass is 9.94. The molecule has 0 aliphatic carbocycles. The Bertz CT molecular complexity index is 1020. The molecule has 0 bridgehead atoms. The van der Waals surface area contributed by atoms with Crippen molar-refractivity contribution in [3.8, 4) is 0 Å². The predicted molar refractivity (Wildman–Crippen MR) is 126 cm³/mol. The highest BCUT2D eigenvalue weighted by Crippen LogP contribution is 2.41. The van der Waals surface area contributed by atoms with Crippen LogP contribution in [0.4, 0.5) is 0 Å². The van der Waals surface area contributed by atoms with Crippen molar-refractivity contribution < 1.29 is 24.1 Å². The van der Waals surface area contributed by atoms with E-state index in [1.807, 2.05) is 72.8 Å².